The Labute approximate surface area is 156 Å². The minimum atomic E-state index is -3.74. The molecule has 1 heterocycles. The van der Waals surface area contributed by atoms with Crippen molar-refractivity contribution in [3.63, 3.8) is 0 Å². The third-order valence-electron chi connectivity index (χ3n) is 5.43. The first-order valence-corrected chi connectivity index (χ1v) is 11.0. The first kappa shape index (κ1) is 19.3. The summed E-state index contributed by atoms with van der Waals surface area (Å²) in [7, 11) is -3.74. The van der Waals surface area contributed by atoms with Crippen LogP contribution in [0.15, 0.2) is 29.2 Å². The highest BCUT2D eigenvalue weighted by Gasteiger charge is 2.33. The fraction of sp³-hybridized carbons (Fsp3) is 0.632. The molecule has 2 fully saturated rings. The molecule has 1 saturated heterocycles. The van der Waals surface area contributed by atoms with Crippen molar-refractivity contribution in [2.75, 3.05) is 26.2 Å². The molecule has 0 spiro atoms. The van der Waals surface area contributed by atoms with Gasteiger partial charge >= 0.3 is 0 Å². The normalized spacial score (nSPS) is 22.5. The van der Waals surface area contributed by atoms with E-state index < -0.39 is 10.0 Å². The number of amides is 1. The number of primary sulfonamides is 1. The molecule has 7 heteroatoms. The molecular weight excluding hydrogens is 350 g/mol. The molecule has 1 aromatic carbocycles. The predicted octanol–water partition coefficient (Wildman–Crippen LogP) is 1.92. The van der Waals surface area contributed by atoms with Gasteiger partial charge in [0.05, 0.1) is 4.90 Å². The maximum atomic E-state index is 12.9. The number of benzene rings is 1. The summed E-state index contributed by atoms with van der Waals surface area (Å²) >= 11 is 0. The molecule has 144 valence electrons. The van der Waals surface area contributed by atoms with Crippen molar-refractivity contribution in [3.05, 3.63) is 29.8 Å². The van der Waals surface area contributed by atoms with Gasteiger partial charge in [0.2, 0.25) is 10.0 Å². The Morgan fingerprint density at radius 1 is 1.19 bits per heavy atom. The molecule has 0 bridgehead atoms. The molecule has 2 aliphatic rings. The Kier molecular flexibility index (Phi) is 5.69. The van der Waals surface area contributed by atoms with Crippen molar-refractivity contribution in [3.8, 4) is 0 Å². The van der Waals surface area contributed by atoms with E-state index in [1.807, 2.05) is 4.90 Å². The minimum Gasteiger partial charge on any atom is -0.337 e. The number of hydrogen-bond donors (Lipinski definition) is 1. The highest BCUT2D eigenvalue weighted by Crippen LogP contribution is 2.32. The lowest BCUT2D eigenvalue weighted by atomic mass is 10.0. The van der Waals surface area contributed by atoms with Crippen LogP contribution in [-0.2, 0) is 10.0 Å². The SMILES string of the molecule is CC(C)[C@@H]1CN(C(=O)c2ccc(S(N)(=O)=O)cc2)CCCN1CC1CC1. The highest BCUT2D eigenvalue weighted by molar-refractivity contribution is 7.89. The maximum Gasteiger partial charge on any atom is 0.253 e. The van der Waals surface area contributed by atoms with E-state index in [1.54, 1.807) is 12.1 Å². The average Bonchev–Trinajstić information content (AvgIpc) is 3.41. The second kappa shape index (κ2) is 7.66. The summed E-state index contributed by atoms with van der Waals surface area (Å²) in [5.41, 5.74) is 0.510. The molecule has 1 saturated carbocycles. The molecule has 26 heavy (non-hydrogen) atoms. The third kappa shape index (κ3) is 4.64. The van der Waals surface area contributed by atoms with E-state index in [0.29, 0.717) is 17.5 Å². The molecule has 0 aromatic heterocycles. The van der Waals surface area contributed by atoms with Gasteiger partial charge < -0.3 is 4.90 Å². The Hall–Kier alpha value is -1.44. The van der Waals surface area contributed by atoms with Crippen LogP contribution >= 0.6 is 0 Å². The molecule has 0 unspecified atom stereocenters. The van der Waals surface area contributed by atoms with Gasteiger partial charge in [0.25, 0.3) is 5.91 Å². The zero-order valence-corrected chi connectivity index (χ0v) is 16.4. The Morgan fingerprint density at radius 2 is 1.85 bits per heavy atom. The first-order valence-electron chi connectivity index (χ1n) is 9.42. The first-order chi connectivity index (χ1) is 12.3. The van der Waals surface area contributed by atoms with Crippen LogP contribution in [0.1, 0.15) is 43.5 Å². The number of carbonyl (C=O) groups is 1. The van der Waals surface area contributed by atoms with E-state index in [9.17, 15) is 13.2 Å². The molecule has 1 aromatic rings. The van der Waals surface area contributed by atoms with Crippen LogP contribution < -0.4 is 5.14 Å². The van der Waals surface area contributed by atoms with Crippen LogP contribution in [0.4, 0.5) is 0 Å². The van der Waals surface area contributed by atoms with Crippen molar-refractivity contribution >= 4 is 15.9 Å². The van der Waals surface area contributed by atoms with E-state index in [-0.39, 0.29) is 10.8 Å². The van der Waals surface area contributed by atoms with E-state index >= 15 is 0 Å². The van der Waals surface area contributed by atoms with Gasteiger partial charge in [-0.2, -0.15) is 0 Å². The van der Waals surface area contributed by atoms with E-state index in [4.69, 9.17) is 5.14 Å². The zero-order valence-electron chi connectivity index (χ0n) is 15.6. The molecule has 1 aliphatic carbocycles. The standard InChI is InChI=1S/C19H29N3O3S/c1-14(2)18-13-22(11-3-10-21(18)12-15-4-5-15)19(23)16-6-8-17(9-7-16)26(20,24)25/h6-9,14-15,18H,3-5,10-13H2,1-2H3,(H2,20,24,25)/t18-/m0/s1. The minimum absolute atomic E-state index is 0.0283. The van der Waals surface area contributed by atoms with Gasteiger partial charge in [-0.1, -0.05) is 13.8 Å². The lowest BCUT2D eigenvalue weighted by Crippen LogP contribution is -2.46. The van der Waals surface area contributed by atoms with Gasteiger partial charge in [-0.25, -0.2) is 13.6 Å². The van der Waals surface area contributed by atoms with E-state index in [0.717, 1.165) is 38.5 Å². The van der Waals surface area contributed by atoms with E-state index in [1.165, 1.54) is 25.0 Å². The maximum absolute atomic E-state index is 12.9. The number of nitrogens with two attached hydrogens (primary N) is 1. The van der Waals surface area contributed by atoms with Crippen LogP contribution in [-0.4, -0.2) is 56.3 Å². The molecule has 3 rings (SSSR count). The number of hydrogen-bond acceptors (Lipinski definition) is 4. The Bertz CT molecular complexity index is 742. The van der Waals surface area contributed by atoms with Gasteiger partial charge in [-0.05, 0) is 55.4 Å². The fourth-order valence-electron chi connectivity index (χ4n) is 3.71. The second-order valence-electron chi connectivity index (χ2n) is 7.92. The van der Waals surface area contributed by atoms with Gasteiger partial charge in [-0.3, -0.25) is 9.69 Å². The fourth-order valence-corrected chi connectivity index (χ4v) is 4.22. The van der Waals surface area contributed by atoms with Crippen molar-refractivity contribution < 1.29 is 13.2 Å². The molecule has 1 amide bonds. The topological polar surface area (TPSA) is 83.7 Å². The van der Waals surface area contributed by atoms with Gasteiger partial charge in [0.1, 0.15) is 0 Å². The number of nitrogens with zero attached hydrogens (tertiary/aromatic N) is 2. The average molecular weight is 380 g/mol. The monoisotopic (exact) mass is 379 g/mol. The molecule has 0 radical (unpaired) electrons. The summed E-state index contributed by atoms with van der Waals surface area (Å²) in [6, 6.07) is 6.28. The zero-order chi connectivity index (χ0) is 18.9. The Morgan fingerprint density at radius 3 is 2.38 bits per heavy atom. The van der Waals surface area contributed by atoms with Crippen molar-refractivity contribution in [1.82, 2.24) is 9.80 Å². The predicted molar refractivity (Wildman–Crippen MR) is 101 cm³/mol. The van der Waals surface area contributed by atoms with Crippen molar-refractivity contribution in [2.24, 2.45) is 17.0 Å². The molecule has 2 N–H and O–H groups in total. The quantitative estimate of drug-likeness (QED) is 0.847. The summed E-state index contributed by atoms with van der Waals surface area (Å²) in [5, 5.41) is 5.13. The van der Waals surface area contributed by atoms with Gasteiger partial charge in [-0.15, -0.1) is 0 Å². The van der Waals surface area contributed by atoms with Crippen LogP contribution in [0.2, 0.25) is 0 Å². The number of rotatable bonds is 5. The third-order valence-corrected chi connectivity index (χ3v) is 6.36. The largest absolute Gasteiger partial charge is 0.337 e. The van der Waals surface area contributed by atoms with E-state index in [2.05, 4.69) is 18.7 Å². The summed E-state index contributed by atoms with van der Waals surface area (Å²) in [4.78, 5) is 17.5. The highest BCUT2D eigenvalue weighted by atomic mass is 32.2. The molecule has 1 aliphatic heterocycles. The van der Waals surface area contributed by atoms with Gasteiger partial charge in [0.15, 0.2) is 0 Å². The van der Waals surface area contributed by atoms with Crippen LogP contribution in [0, 0.1) is 11.8 Å². The van der Waals surface area contributed by atoms with Crippen molar-refractivity contribution in [1.29, 1.82) is 0 Å². The van der Waals surface area contributed by atoms with Crippen LogP contribution in [0.3, 0.4) is 0 Å². The van der Waals surface area contributed by atoms with Crippen LogP contribution in [0.25, 0.3) is 0 Å². The lowest BCUT2D eigenvalue weighted by molar-refractivity contribution is 0.0704. The summed E-state index contributed by atoms with van der Waals surface area (Å²) < 4.78 is 22.8. The summed E-state index contributed by atoms with van der Waals surface area (Å²) in [5.74, 6) is 1.28. The summed E-state index contributed by atoms with van der Waals surface area (Å²) in [6.45, 7) is 8.08. The molecule has 1 atom stereocenters. The van der Waals surface area contributed by atoms with Crippen LogP contribution in [0.5, 0.6) is 0 Å². The lowest BCUT2D eigenvalue weighted by Gasteiger charge is -2.34. The number of carbonyl (C=O) groups excluding carboxylic acids is 1. The Balaban J connectivity index is 1.73. The van der Waals surface area contributed by atoms with Gasteiger partial charge in [0, 0.05) is 37.8 Å². The smallest absolute Gasteiger partial charge is 0.253 e. The summed E-state index contributed by atoms with van der Waals surface area (Å²) in [6.07, 6.45) is 3.64. The van der Waals surface area contributed by atoms with Crippen molar-refractivity contribution in [2.45, 2.75) is 44.0 Å². The second-order valence-corrected chi connectivity index (χ2v) is 9.49. The molecular formula is C19H29N3O3S. The number of sulfonamides is 1. The molecule has 6 nitrogen and oxygen atoms in total.